The average Bonchev–Trinajstić information content (AvgIpc) is 3.10. The Morgan fingerprint density at radius 3 is 2.59 bits per heavy atom. The van der Waals surface area contributed by atoms with E-state index < -0.39 is 11.7 Å². The Morgan fingerprint density at radius 2 is 1.79 bits per heavy atom. The minimum Gasteiger partial charge on any atom is -0.352 e. The number of rotatable bonds is 6. The number of carbonyl (C=O) groups excluding carboxylic acids is 1. The lowest BCUT2D eigenvalue weighted by atomic mass is 10.1. The van der Waals surface area contributed by atoms with Crippen LogP contribution < -0.4 is 5.32 Å². The molecule has 0 bridgehead atoms. The van der Waals surface area contributed by atoms with Gasteiger partial charge in [-0.15, -0.1) is 0 Å². The highest BCUT2D eigenvalue weighted by Gasteiger charge is 2.13. The molecule has 0 aliphatic rings. The Hall–Kier alpha value is -3.54. The fourth-order valence-electron chi connectivity index (χ4n) is 3.35. The van der Waals surface area contributed by atoms with Crippen LogP contribution in [-0.4, -0.2) is 22.0 Å². The molecule has 0 atom stereocenters. The smallest absolute Gasteiger partial charge is 0.254 e. The molecule has 6 heteroatoms. The van der Waals surface area contributed by atoms with Gasteiger partial charge < -0.3 is 9.88 Å². The zero-order valence-corrected chi connectivity index (χ0v) is 15.6. The van der Waals surface area contributed by atoms with Crippen LogP contribution in [0.5, 0.6) is 0 Å². The van der Waals surface area contributed by atoms with Crippen molar-refractivity contribution in [2.75, 3.05) is 6.54 Å². The first-order chi connectivity index (χ1) is 14.1. The first-order valence-electron chi connectivity index (χ1n) is 9.36. The Labute approximate surface area is 166 Å². The highest BCUT2D eigenvalue weighted by Crippen LogP contribution is 2.27. The number of pyridine rings is 1. The topological polar surface area (TPSA) is 46.9 Å². The van der Waals surface area contributed by atoms with E-state index in [1.807, 2.05) is 18.2 Å². The molecule has 0 unspecified atom stereocenters. The van der Waals surface area contributed by atoms with Crippen molar-refractivity contribution in [3.8, 4) is 11.3 Å². The summed E-state index contributed by atoms with van der Waals surface area (Å²) in [6, 6.07) is 18.1. The second-order valence-electron chi connectivity index (χ2n) is 6.69. The van der Waals surface area contributed by atoms with E-state index in [1.165, 1.54) is 24.3 Å². The number of nitrogens with one attached hydrogen (secondary N) is 1. The molecular formula is C23H19F2N3O. The largest absolute Gasteiger partial charge is 0.352 e. The van der Waals surface area contributed by atoms with E-state index in [0.717, 1.165) is 22.3 Å². The number of hydrogen-bond acceptors (Lipinski definition) is 2. The van der Waals surface area contributed by atoms with Crippen molar-refractivity contribution in [2.45, 2.75) is 13.0 Å². The van der Waals surface area contributed by atoms with Crippen LogP contribution >= 0.6 is 0 Å². The molecule has 2 aromatic carbocycles. The fraction of sp³-hybridized carbons (Fsp3) is 0.130. The molecule has 4 rings (SSSR count). The molecular weight excluding hydrogens is 372 g/mol. The van der Waals surface area contributed by atoms with Crippen LogP contribution in [0, 0.1) is 11.6 Å². The van der Waals surface area contributed by atoms with Gasteiger partial charge in [0, 0.05) is 24.7 Å². The second-order valence-corrected chi connectivity index (χ2v) is 6.69. The molecule has 1 amide bonds. The molecule has 146 valence electrons. The van der Waals surface area contributed by atoms with Crippen molar-refractivity contribution >= 4 is 16.9 Å². The number of aromatic nitrogens is 2. The van der Waals surface area contributed by atoms with Crippen molar-refractivity contribution in [2.24, 2.45) is 0 Å². The zero-order valence-electron chi connectivity index (χ0n) is 15.6. The van der Waals surface area contributed by atoms with Crippen LogP contribution in [0.3, 0.4) is 0 Å². The normalized spacial score (nSPS) is 11.0. The van der Waals surface area contributed by atoms with E-state index in [-0.39, 0.29) is 11.4 Å². The Morgan fingerprint density at radius 1 is 1.00 bits per heavy atom. The van der Waals surface area contributed by atoms with Gasteiger partial charge in [0.2, 0.25) is 0 Å². The molecule has 0 spiro atoms. The minimum atomic E-state index is -0.538. The highest BCUT2D eigenvalue weighted by molar-refractivity contribution is 5.94. The van der Waals surface area contributed by atoms with Crippen molar-refractivity contribution < 1.29 is 13.6 Å². The van der Waals surface area contributed by atoms with Gasteiger partial charge in [-0.25, -0.2) is 13.8 Å². The first kappa shape index (κ1) is 18.8. The van der Waals surface area contributed by atoms with Crippen molar-refractivity contribution in [3.63, 3.8) is 0 Å². The lowest BCUT2D eigenvalue weighted by Crippen LogP contribution is -2.26. The maximum atomic E-state index is 13.7. The van der Waals surface area contributed by atoms with E-state index in [0.29, 0.717) is 19.5 Å². The van der Waals surface area contributed by atoms with Gasteiger partial charge in [0.1, 0.15) is 17.3 Å². The molecule has 0 radical (unpaired) electrons. The molecule has 2 aromatic heterocycles. The lowest BCUT2D eigenvalue weighted by Gasteiger charge is -2.11. The summed E-state index contributed by atoms with van der Waals surface area (Å²) in [4.78, 5) is 16.6. The number of nitrogens with zero attached hydrogens (tertiary/aromatic N) is 2. The van der Waals surface area contributed by atoms with Gasteiger partial charge in [0.05, 0.1) is 11.3 Å². The van der Waals surface area contributed by atoms with Crippen LogP contribution in [-0.2, 0) is 6.54 Å². The standard InChI is InChI=1S/C23H19F2N3O/c24-18-10-8-16(9-11-18)21-15-17-5-3-12-26-22(17)28(21)14-4-13-27-23(29)19-6-1-2-7-20(19)25/h1-3,5-12,15H,4,13-14H2,(H,27,29). The highest BCUT2D eigenvalue weighted by atomic mass is 19.1. The average molecular weight is 391 g/mol. The molecule has 0 saturated carbocycles. The summed E-state index contributed by atoms with van der Waals surface area (Å²) >= 11 is 0. The fourth-order valence-corrected chi connectivity index (χ4v) is 3.35. The molecule has 4 nitrogen and oxygen atoms in total. The summed E-state index contributed by atoms with van der Waals surface area (Å²) in [5.41, 5.74) is 2.68. The van der Waals surface area contributed by atoms with Gasteiger partial charge in [0.15, 0.2) is 0 Å². The number of benzene rings is 2. The number of amides is 1. The predicted octanol–water partition coefficient (Wildman–Crippen LogP) is 4.80. The maximum absolute atomic E-state index is 13.7. The third-order valence-corrected chi connectivity index (χ3v) is 4.76. The van der Waals surface area contributed by atoms with Crippen molar-refractivity contribution in [3.05, 3.63) is 90.1 Å². The van der Waals surface area contributed by atoms with E-state index in [9.17, 15) is 13.6 Å². The number of hydrogen-bond donors (Lipinski definition) is 1. The van der Waals surface area contributed by atoms with Gasteiger partial charge in [-0.05, 0) is 66.6 Å². The molecule has 29 heavy (non-hydrogen) atoms. The van der Waals surface area contributed by atoms with Gasteiger partial charge in [-0.2, -0.15) is 0 Å². The number of aryl methyl sites for hydroxylation is 1. The van der Waals surface area contributed by atoms with Crippen LogP contribution in [0.4, 0.5) is 8.78 Å². The van der Waals surface area contributed by atoms with Crippen molar-refractivity contribution in [1.82, 2.24) is 14.9 Å². The summed E-state index contributed by atoms with van der Waals surface area (Å²) in [5.74, 6) is -1.26. The summed E-state index contributed by atoms with van der Waals surface area (Å²) in [5, 5.41) is 3.74. The summed E-state index contributed by atoms with van der Waals surface area (Å²) in [6.07, 6.45) is 2.36. The molecule has 0 saturated heterocycles. The van der Waals surface area contributed by atoms with Gasteiger partial charge >= 0.3 is 0 Å². The van der Waals surface area contributed by atoms with Crippen LogP contribution in [0.1, 0.15) is 16.8 Å². The Kier molecular flexibility index (Phi) is 5.33. The van der Waals surface area contributed by atoms with Crippen LogP contribution in [0.2, 0.25) is 0 Å². The minimum absolute atomic E-state index is 0.0348. The van der Waals surface area contributed by atoms with Crippen molar-refractivity contribution in [1.29, 1.82) is 0 Å². The number of fused-ring (bicyclic) bond motifs is 1. The lowest BCUT2D eigenvalue weighted by molar-refractivity contribution is 0.0949. The van der Waals surface area contributed by atoms with E-state index in [2.05, 4.69) is 14.9 Å². The van der Waals surface area contributed by atoms with E-state index in [4.69, 9.17) is 0 Å². The Bertz CT molecular complexity index is 1150. The van der Waals surface area contributed by atoms with Gasteiger partial charge in [0.25, 0.3) is 5.91 Å². The molecule has 1 N–H and O–H groups in total. The molecule has 2 heterocycles. The van der Waals surface area contributed by atoms with Crippen LogP contribution in [0.25, 0.3) is 22.3 Å². The quantitative estimate of drug-likeness (QED) is 0.480. The molecule has 4 aromatic rings. The summed E-state index contributed by atoms with van der Waals surface area (Å²) < 4.78 is 29.1. The predicted molar refractivity (Wildman–Crippen MR) is 108 cm³/mol. The monoisotopic (exact) mass is 391 g/mol. The number of halogens is 2. The second kappa shape index (κ2) is 8.22. The van der Waals surface area contributed by atoms with E-state index in [1.54, 1.807) is 30.5 Å². The third-order valence-electron chi connectivity index (χ3n) is 4.76. The first-order valence-corrected chi connectivity index (χ1v) is 9.36. The van der Waals surface area contributed by atoms with E-state index >= 15 is 0 Å². The maximum Gasteiger partial charge on any atom is 0.254 e. The Balaban J connectivity index is 1.50. The van der Waals surface area contributed by atoms with Crippen LogP contribution in [0.15, 0.2) is 72.9 Å². The zero-order chi connectivity index (χ0) is 20.2. The summed E-state index contributed by atoms with van der Waals surface area (Å²) in [7, 11) is 0. The number of carbonyl (C=O) groups is 1. The molecule has 0 aliphatic carbocycles. The van der Waals surface area contributed by atoms with Gasteiger partial charge in [-0.1, -0.05) is 12.1 Å². The third kappa shape index (κ3) is 4.01. The molecule has 0 aliphatic heterocycles. The molecule has 0 fully saturated rings. The SMILES string of the molecule is O=C(NCCCn1c(-c2ccc(F)cc2)cc2cccnc21)c1ccccc1F. The van der Waals surface area contributed by atoms with Gasteiger partial charge in [-0.3, -0.25) is 4.79 Å². The summed E-state index contributed by atoms with van der Waals surface area (Å²) in [6.45, 7) is 0.993.